The molecule has 34 heavy (non-hydrogen) atoms. The molecule has 0 aromatic heterocycles. The molecule has 2 amide bonds. The van der Waals surface area contributed by atoms with Crippen LogP contribution in [0.3, 0.4) is 0 Å². The molecule has 2 aliphatic rings. The highest BCUT2D eigenvalue weighted by Crippen LogP contribution is 2.32. The maximum absolute atomic E-state index is 13.0. The van der Waals surface area contributed by atoms with Crippen LogP contribution in [0.5, 0.6) is 0 Å². The molecule has 3 atom stereocenters. The first kappa shape index (κ1) is 26.8. The summed E-state index contributed by atoms with van der Waals surface area (Å²) in [5.74, 6) is 0. The second-order valence-corrected chi connectivity index (χ2v) is 13.4. The van der Waals surface area contributed by atoms with Gasteiger partial charge >= 0.3 is 6.03 Å². The van der Waals surface area contributed by atoms with Gasteiger partial charge in [-0.1, -0.05) is 0 Å². The molecule has 0 saturated carbocycles. The molecule has 2 N–H and O–H groups in total. The van der Waals surface area contributed by atoms with Gasteiger partial charge in [-0.25, -0.2) is 17.9 Å². The van der Waals surface area contributed by atoms with Gasteiger partial charge in [-0.2, -0.15) is 0 Å². The number of aryl methyl sites for hydroxylation is 2. The van der Waals surface area contributed by atoms with Crippen molar-refractivity contribution in [3.05, 3.63) is 23.3 Å². The molecule has 8 nitrogen and oxygen atoms in total. The van der Waals surface area contributed by atoms with Crippen LogP contribution in [-0.2, 0) is 14.8 Å². The van der Waals surface area contributed by atoms with Crippen molar-refractivity contribution in [1.82, 2.24) is 9.62 Å². The number of anilines is 2. The molecular formula is C25H42N4O4S. The SMILES string of the molecule is Cc1cc(N2CC(C)OC(C)C2C)c(C)cc1NC(=O)N1CCC(NS(=O)(=O)C(C)(C)C)CC1. The molecule has 1 aromatic carbocycles. The number of hydrogen-bond donors (Lipinski definition) is 2. The van der Waals surface area contributed by atoms with Crippen molar-refractivity contribution >= 4 is 27.4 Å². The highest BCUT2D eigenvalue weighted by molar-refractivity contribution is 7.90. The summed E-state index contributed by atoms with van der Waals surface area (Å²) in [6, 6.07) is 4.18. The van der Waals surface area contributed by atoms with Crippen molar-refractivity contribution in [2.75, 3.05) is 29.9 Å². The number of nitrogens with one attached hydrogen (secondary N) is 2. The lowest BCUT2D eigenvalue weighted by molar-refractivity contribution is -0.0258. The Labute approximate surface area is 205 Å². The van der Waals surface area contributed by atoms with E-state index in [4.69, 9.17) is 4.74 Å². The van der Waals surface area contributed by atoms with E-state index in [9.17, 15) is 13.2 Å². The Morgan fingerprint density at radius 2 is 1.68 bits per heavy atom. The number of sulfonamides is 1. The molecule has 3 unspecified atom stereocenters. The first-order valence-electron chi connectivity index (χ1n) is 12.3. The summed E-state index contributed by atoms with van der Waals surface area (Å²) in [7, 11) is -3.40. The number of amides is 2. The molecule has 2 heterocycles. The summed E-state index contributed by atoms with van der Waals surface area (Å²) in [5.41, 5.74) is 4.12. The minimum atomic E-state index is -3.40. The Bertz CT molecular complexity index is 997. The van der Waals surface area contributed by atoms with Crippen LogP contribution < -0.4 is 14.9 Å². The number of carbonyl (C=O) groups is 1. The molecule has 3 rings (SSSR count). The van der Waals surface area contributed by atoms with Gasteiger partial charge in [0.05, 0.1) is 23.0 Å². The first-order valence-corrected chi connectivity index (χ1v) is 13.8. The molecule has 0 bridgehead atoms. The van der Waals surface area contributed by atoms with Crippen LogP contribution in [0, 0.1) is 13.8 Å². The van der Waals surface area contributed by atoms with Crippen molar-refractivity contribution in [3.63, 3.8) is 0 Å². The maximum Gasteiger partial charge on any atom is 0.321 e. The number of benzene rings is 1. The summed E-state index contributed by atoms with van der Waals surface area (Å²) in [6.45, 7) is 17.4. The molecule has 2 aliphatic heterocycles. The molecule has 2 fully saturated rings. The third-order valence-corrected chi connectivity index (χ3v) is 9.33. The van der Waals surface area contributed by atoms with Gasteiger partial charge in [0, 0.05) is 37.1 Å². The smallest absolute Gasteiger partial charge is 0.321 e. The summed E-state index contributed by atoms with van der Waals surface area (Å²) in [6.07, 6.45) is 1.52. The highest BCUT2D eigenvalue weighted by atomic mass is 32.2. The van der Waals surface area contributed by atoms with Crippen molar-refractivity contribution in [3.8, 4) is 0 Å². The van der Waals surface area contributed by atoms with E-state index >= 15 is 0 Å². The van der Waals surface area contributed by atoms with Gasteiger partial charge in [-0.05, 0) is 91.5 Å². The Hall–Kier alpha value is -1.84. The van der Waals surface area contributed by atoms with Crippen molar-refractivity contribution < 1.29 is 17.9 Å². The molecule has 9 heteroatoms. The standard InChI is InChI=1S/C25H42N4O4S/c1-16-14-23(29-15-18(3)33-20(5)19(29)4)17(2)13-22(16)26-24(30)28-11-9-21(10-12-28)27-34(31,32)25(6,7)8/h13-14,18-21,27H,9-12,15H2,1-8H3,(H,26,30). The number of morpholine rings is 1. The molecule has 0 aliphatic carbocycles. The zero-order chi connectivity index (χ0) is 25.4. The molecule has 2 saturated heterocycles. The summed E-state index contributed by atoms with van der Waals surface area (Å²) in [4.78, 5) is 17.1. The van der Waals surface area contributed by atoms with E-state index in [1.807, 2.05) is 13.0 Å². The second kappa shape index (κ2) is 10.0. The van der Waals surface area contributed by atoms with Crippen molar-refractivity contribution in [2.24, 2.45) is 0 Å². The summed E-state index contributed by atoms with van der Waals surface area (Å²) < 4.78 is 32.8. The lowest BCUT2D eigenvalue weighted by atomic mass is 10.0. The fourth-order valence-corrected chi connectivity index (χ4v) is 5.60. The van der Waals surface area contributed by atoms with Crippen molar-refractivity contribution in [2.45, 2.75) is 97.3 Å². The molecule has 192 valence electrons. The van der Waals surface area contributed by atoms with Crippen LogP contribution >= 0.6 is 0 Å². The Kier molecular flexibility index (Phi) is 7.89. The Morgan fingerprint density at radius 1 is 1.06 bits per heavy atom. The fourth-order valence-electron chi connectivity index (χ4n) is 4.57. The van der Waals surface area contributed by atoms with Gasteiger partial charge in [0.1, 0.15) is 0 Å². The van der Waals surface area contributed by atoms with E-state index in [1.165, 1.54) is 5.69 Å². The van der Waals surface area contributed by atoms with E-state index in [-0.39, 0.29) is 30.3 Å². The van der Waals surface area contributed by atoms with Crippen LogP contribution in [0.15, 0.2) is 12.1 Å². The van der Waals surface area contributed by atoms with Gasteiger partial charge in [0.25, 0.3) is 0 Å². The zero-order valence-corrected chi connectivity index (χ0v) is 22.8. The predicted octanol–water partition coefficient (Wildman–Crippen LogP) is 4.02. The fraction of sp³-hybridized carbons (Fsp3) is 0.720. The average molecular weight is 495 g/mol. The van der Waals surface area contributed by atoms with Gasteiger partial charge in [-0.15, -0.1) is 0 Å². The predicted molar refractivity (Wildman–Crippen MR) is 138 cm³/mol. The van der Waals surface area contributed by atoms with E-state index in [0.717, 1.165) is 23.4 Å². The number of carbonyl (C=O) groups excluding carboxylic acids is 1. The van der Waals surface area contributed by atoms with Crippen LogP contribution in [0.25, 0.3) is 0 Å². The number of piperidine rings is 1. The lowest BCUT2D eigenvalue weighted by Crippen LogP contribution is -2.52. The van der Waals surface area contributed by atoms with Crippen molar-refractivity contribution in [1.29, 1.82) is 0 Å². The number of urea groups is 1. The lowest BCUT2D eigenvalue weighted by Gasteiger charge is -2.43. The van der Waals surface area contributed by atoms with E-state index < -0.39 is 14.8 Å². The van der Waals surface area contributed by atoms with Gasteiger partial charge in [0.15, 0.2) is 0 Å². The maximum atomic E-state index is 13.0. The molecule has 1 aromatic rings. The molecule has 0 spiro atoms. The minimum Gasteiger partial charge on any atom is -0.372 e. The van der Waals surface area contributed by atoms with Gasteiger partial charge in [0.2, 0.25) is 10.0 Å². The zero-order valence-electron chi connectivity index (χ0n) is 21.9. The normalized spacial score (nSPS) is 24.9. The quantitative estimate of drug-likeness (QED) is 0.660. The molecular weight excluding hydrogens is 452 g/mol. The van der Waals surface area contributed by atoms with Gasteiger partial charge < -0.3 is 19.9 Å². The summed E-state index contributed by atoms with van der Waals surface area (Å²) in [5, 5.41) is 3.07. The van der Waals surface area contributed by atoms with Crippen LogP contribution in [0.4, 0.5) is 16.2 Å². The minimum absolute atomic E-state index is 0.142. The number of nitrogens with zero attached hydrogens (tertiary/aromatic N) is 2. The third kappa shape index (κ3) is 5.86. The van der Waals surface area contributed by atoms with E-state index in [2.05, 4.69) is 48.7 Å². The van der Waals surface area contributed by atoms with E-state index in [0.29, 0.717) is 25.9 Å². The second-order valence-electron chi connectivity index (χ2n) is 10.9. The number of rotatable bonds is 4. The van der Waals surface area contributed by atoms with E-state index in [1.54, 1.807) is 25.7 Å². The van der Waals surface area contributed by atoms with Gasteiger partial charge in [-0.3, -0.25) is 0 Å². The number of hydrogen-bond acceptors (Lipinski definition) is 5. The average Bonchev–Trinajstić information content (AvgIpc) is 2.72. The molecule has 0 radical (unpaired) electrons. The monoisotopic (exact) mass is 494 g/mol. The Morgan fingerprint density at radius 3 is 2.26 bits per heavy atom. The first-order chi connectivity index (χ1) is 15.7. The van der Waals surface area contributed by atoms with Crippen LogP contribution in [0.1, 0.15) is 65.5 Å². The van der Waals surface area contributed by atoms with Crippen LogP contribution in [0.2, 0.25) is 0 Å². The highest BCUT2D eigenvalue weighted by Gasteiger charge is 2.34. The largest absolute Gasteiger partial charge is 0.372 e. The Balaban J connectivity index is 1.63. The number of likely N-dealkylation sites (tertiary alicyclic amines) is 1. The number of ether oxygens (including phenoxy) is 1. The van der Waals surface area contributed by atoms with Crippen LogP contribution in [-0.4, -0.2) is 68.0 Å². The topological polar surface area (TPSA) is 91.0 Å². The third-order valence-electron chi connectivity index (χ3n) is 7.08. The summed E-state index contributed by atoms with van der Waals surface area (Å²) >= 11 is 0.